The summed E-state index contributed by atoms with van der Waals surface area (Å²) in [5.74, 6) is -1.51. The second-order valence-corrected chi connectivity index (χ2v) is 11.1. The molecular weight excluding hydrogens is 512 g/mol. The molecule has 0 N–H and O–H groups in total. The largest absolute Gasteiger partial charge is 0.454 e. The van der Waals surface area contributed by atoms with Crippen molar-refractivity contribution in [1.29, 1.82) is 0 Å². The van der Waals surface area contributed by atoms with Gasteiger partial charge in [-0.3, -0.25) is 19.3 Å². The van der Waals surface area contributed by atoms with Crippen molar-refractivity contribution in [2.45, 2.75) is 32.6 Å². The number of hydrogen-bond acceptors (Lipinski definition) is 7. The number of nitrogens with zero attached hydrogens (tertiary/aromatic N) is 2. The number of carbonyl (C=O) groups is 4. The predicted octanol–water partition coefficient (Wildman–Crippen LogP) is 5.99. The number of esters is 1. The molecule has 1 aliphatic carbocycles. The number of carbonyl (C=O) groups excluding carboxylic acids is 4. The molecule has 2 aromatic heterocycles. The van der Waals surface area contributed by atoms with E-state index in [1.807, 2.05) is 25.1 Å². The highest BCUT2D eigenvalue weighted by Gasteiger charge is 2.48. The maximum atomic E-state index is 13.2. The number of aromatic nitrogens is 1. The van der Waals surface area contributed by atoms with Crippen LogP contribution in [0.1, 0.15) is 51.3 Å². The molecule has 2 atom stereocenters. The second-order valence-electron chi connectivity index (χ2n) is 10.1. The molecule has 2 aromatic carbocycles. The van der Waals surface area contributed by atoms with E-state index in [0.29, 0.717) is 32.7 Å². The van der Waals surface area contributed by atoms with Crippen LogP contribution in [-0.2, 0) is 14.3 Å². The highest BCUT2D eigenvalue weighted by atomic mass is 32.1. The SMILES string of the molecule is Cc1ccc2nc(-c3ccc(N4C(=O)[C@H]5CCCC[C@@H]5C4=O)cc3)cc(C(=O)OCC(=O)c3cccs3)c2c1. The highest BCUT2D eigenvalue weighted by Crippen LogP contribution is 2.40. The number of pyridine rings is 1. The van der Waals surface area contributed by atoms with Crippen LogP contribution in [0.2, 0.25) is 0 Å². The fraction of sp³-hybridized carbons (Fsp3) is 0.258. The average molecular weight is 539 g/mol. The Morgan fingerprint density at radius 1 is 0.974 bits per heavy atom. The van der Waals surface area contributed by atoms with Crippen molar-refractivity contribution < 1.29 is 23.9 Å². The zero-order valence-corrected chi connectivity index (χ0v) is 22.2. The molecule has 3 heterocycles. The zero-order valence-electron chi connectivity index (χ0n) is 21.4. The summed E-state index contributed by atoms with van der Waals surface area (Å²) in [6.45, 7) is 1.58. The van der Waals surface area contributed by atoms with E-state index in [2.05, 4.69) is 0 Å². The van der Waals surface area contributed by atoms with Crippen LogP contribution in [0.5, 0.6) is 0 Å². The number of thiophene rings is 1. The summed E-state index contributed by atoms with van der Waals surface area (Å²) in [6, 6.07) is 17.9. The Morgan fingerprint density at radius 2 is 1.69 bits per heavy atom. The van der Waals surface area contributed by atoms with Crippen LogP contribution in [0, 0.1) is 18.8 Å². The van der Waals surface area contributed by atoms with Crippen LogP contribution in [0.15, 0.2) is 66.0 Å². The van der Waals surface area contributed by atoms with Crippen molar-refractivity contribution in [2.75, 3.05) is 11.5 Å². The van der Waals surface area contributed by atoms with Crippen LogP contribution in [0.25, 0.3) is 22.2 Å². The molecule has 4 aromatic rings. The summed E-state index contributed by atoms with van der Waals surface area (Å²) >= 11 is 1.30. The first-order chi connectivity index (χ1) is 18.9. The van der Waals surface area contributed by atoms with Crippen LogP contribution in [0.4, 0.5) is 5.69 Å². The molecule has 39 heavy (non-hydrogen) atoms. The first-order valence-corrected chi connectivity index (χ1v) is 13.9. The Bertz CT molecular complexity index is 1590. The van der Waals surface area contributed by atoms with Gasteiger partial charge in [0, 0.05) is 10.9 Å². The number of rotatable bonds is 6. The number of anilines is 1. The highest BCUT2D eigenvalue weighted by molar-refractivity contribution is 7.12. The quantitative estimate of drug-likeness (QED) is 0.170. The first-order valence-electron chi connectivity index (χ1n) is 13.0. The molecule has 1 saturated carbocycles. The van der Waals surface area contributed by atoms with Gasteiger partial charge < -0.3 is 4.74 Å². The Morgan fingerprint density at radius 3 is 2.36 bits per heavy atom. The maximum absolute atomic E-state index is 13.2. The van der Waals surface area contributed by atoms with Crippen LogP contribution in [0.3, 0.4) is 0 Å². The number of hydrogen-bond donors (Lipinski definition) is 0. The summed E-state index contributed by atoms with van der Waals surface area (Å²) in [7, 11) is 0. The topological polar surface area (TPSA) is 93.6 Å². The van der Waals surface area contributed by atoms with Crippen molar-refractivity contribution >= 4 is 51.5 Å². The molecule has 0 spiro atoms. The molecule has 2 aliphatic rings. The number of benzene rings is 2. The Labute approximate surface area is 229 Å². The number of ether oxygens (including phenoxy) is 1. The lowest BCUT2D eigenvalue weighted by molar-refractivity contribution is -0.122. The fourth-order valence-corrected chi connectivity index (χ4v) is 6.22. The van der Waals surface area contributed by atoms with Crippen molar-refractivity contribution in [1.82, 2.24) is 4.98 Å². The molecular formula is C31H26N2O5S. The Balaban J connectivity index is 1.30. The molecule has 7 nitrogen and oxygen atoms in total. The normalized spacial score (nSPS) is 18.8. The molecule has 1 saturated heterocycles. The predicted molar refractivity (Wildman–Crippen MR) is 149 cm³/mol. The van der Waals surface area contributed by atoms with Crippen molar-refractivity contribution in [2.24, 2.45) is 11.8 Å². The molecule has 0 unspecified atom stereocenters. The van der Waals surface area contributed by atoms with Crippen molar-refractivity contribution in [3.63, 3.8) is 0 Å². The number of Topliss-reactive ketones (excluding diaryl/α,β-unsaturated/α-hetero) is 1. The Kier molecular flexibility index (Phi) is 6.56. The number of amides is 2. The number of ketones is 1. The van der Waals surface area contributed by atoms with E-state index in [0.717, 1.165) is 36.8 Å². The molecule has 8 heteroatoms. The molecule has 6 rings (SSSR count). The smallest absolute Gasteiger partial charge is 0.339 e. The molecule has 0 radical (unpaired) electrons. The lowest BCUT2D eigenvalue weighted by Gasteiger charge is -2.19. The van der Waals surface area contributed by atoms with E-state index in [1.54, 1.807) is 47.8 Å². The lowest BCUT2D eigenvalue weighted by atomic mass is 9.81. The van der Waals surface area contributed by atoms with E-state index in [9.17, 15) is 19.2 Å². The van der Waals surface area contributed by atoms with Crippen molar-refractivity contribution in [3.8, 4) is 11.3 Å². The van der Waals surface area contributed by atoms with Crippen molar-refractivity contribution in [3.05, 3.63) is 82.0 Å². The van der Waals surface area contributed by atoms with Gasteiger partial charge >= 0.3 is 5.97 Å². The van der Waals surface area contributed by atoms with Crippen LogP contribution in [-0.4, -0.2) is 35.2 Å². The summed E-state index contributed by atoms with van der Waals surface area (Å²) in [5.41, 5.74) is 3.71. The molecule has 1 aliphatic heterocycles. The van der Waals surface area contributed by atoms with E-state index < -0.39 is 5.97 Å². The maximum Gasteiger partial charge on any atom is 0.339 e. The van der Waals surface area contributed by atoms with Gasteiger partial charge in [-0.1, -0.05) is 42.7 Å². The van der Waals surface area contributed by atoms with Crippen LogP contribution >= 0.6 is 11.3 Å². The lowest BCUT2D eigenvalue weighted by Crippen LogP contribution is -2.30. The van der Waals surface area contributed by atoms with Gasteiger partial charge in [-0.2, -0.15) is 0 Å². The van der Waals surface area contributed by atoms with E-state index >= 15 is 0 Å². The fourth-order valence-electron chi connectivity index (χ4n) is 5.57. The van der Waals surface area contributed by atoms with Gasteiger partial charge in [-0.25, -0.2) is 9.78 Å². The summed E-state index contributed by atoms with van der Waals surface area (Å²) in [6.07, 6.45) is 3.49. The monoisotopic (exact) mass is 538 g/mol. The van der Waals surface area contributed by atoms with E-state index in [4.69, 9.17) is 9.72 Å². The Hall–Kier alpha value is -4.17. The van der Waals surface area contributed by atoms with Gasteiger partial charge in [0.2, 0.25) is 17.6 Å². The molecule has 2 amide bonds. The third kappa shape index (κ3) is 4.65. The minimum Gasteiger partial charge on any atom is -0.454 e. The zero-order chi connectivity index (χ0) is 27.1. The van der Waals surface area contributed by atoms with Crippen LogP contribution < -0.4 is 4.90 Å². The third-order valence-electron chi connectivity index (χ3n) is 7.58. The third-order valence-corrected chi connectivity index (χ3v) is 8.49. The number of aryl methyl sites for hydroxylation is 1. The van der Waals surface area contributed by atoms with Gasteiger partial charge in [-0.05, 0) is 61.5 Å². The minimum absolute atomic E-state index is 0.112. The molecule has 0 bridgehead atoms. The first kappa shape index (κ1) is 25.1. The molecule has 2 fully saturated rings. The molecule has 196 valence electrons. The minimum atomic E-state index is -0.605. The van der Waals surface area contributed by atoms with E-state index in [1.165, 1.54) is 16.2 Å². The van der Waals surface area contributed by atoms with Gasteiger partial charge in [0.15, 0.2) is 6.61 Å². The van der Waals surface area contributed by atoms with Gasteiger partial charge in [0.1, 0.15) is 0 Å². The van der Waals surface area contributed by atoms with E-state index in [-0.39, 0.29) is 36.0 Å². The second kappa shape index (κ2) is 10.2. The standard InChI is InChI=1S/C31H26N2O5S/c1-18-8-13-25-23(15-18)24(31(37)38-17-27(34)28-7-4-14-39-28)16-26(32-25)19-9-11-20(12-10-19)33-29(35)21-5-2-3-6-22(21)30(33)36/h4,7-16,21-22H,2-3,5-6,17H2,1H3/t21-,22-/m0/s1. The average Bonchev–Trinajstić information content (AvgIpc) is 3.58. The van der Waals surface area contributed by atoms with Gasteiger partial charge in [-0.15, -0.1) is 11.3 Å². The number of fused-ring (bicyclic) bond motifs is 2. The summed E-state index contributed by atoms with van der Waals surface area (Å²) in [5, 5.41) is 2.44. The van der Waals surface area contributed by atoms with Gasteiger partial charge in [0.05, 0.1) is 39.2 Å². The van der Waals surface area contributed by atoms with Gasteiger partial charge in [0.25, 0.3) is 0 Å². The summed E-state index contributed by atoms with van der Waals surface area (Å²) in [4.78, 5) is 58.2. The summed E-state index contributed by atoms with van der Waals surface area (Å²) < 4.78 is 5.42. The number of imide groups is 1.